The van der Waals surface area contributed by atoms with Gasteiger partial charge in [0.15, 0.2) is 10.9 Å². The number of aromatic nitrogens is 1. The molecule has 0 saturated heterocycles. The zero-order valence-electron chi connectivity index (χ0n) is 18.3. The maximum Gasteiger partial charge on any atom is 0.293 e. The van der Waals surface area contributed by atoms with Crippen molar-refractivity contribution in [2.75, 3.05) is 5.32 Å². The summed E-state index contributed by atoms with van der Waals surface area (Å²) in [6, 6.07) is 16.0. The van der Waals surface area contributed by atoms with Gasteiger partial charge in [0.25, 0.3) is 5.91 Å². The molecule has 0 atom stereocenters. The maximum atomic E-state index is 13.1. The number of carbonyl (C=O) groups excluding carboxylic acids is 2. The summed E-state index contributed by atoms with van der Waals surface area (Å²) in [6.07, 6.45) is 0. The lowest BCUT2D eigenvalue weighted by atomic mass is 10.1. The summed E-state index contributed by atoms with van der Waals surface area (Å²) < 4.78 is 6.05. The molecular formula is C25H21N3O3S2. The molecule has 0 unspecified atom stereocenters. The molecule has 5 aromatic rings. The van der Waals surface area contributed by atoms with E-state index in [9.17, 15) is 9.59 Å². The number of rotatable bonds is 5. The van der Waals surface area contributed by atoms with E-state index >= 15 is 0 Å². The normalized spacial score (nSPS) is 11.2. The molecule has 166 valence electrons. The third-order valence-electron chi connectivity index (χ3n) is 5.46. The molecule has 3 aromatic heterocycles. The lowest BCUT2D eigenvalue weighted by Gasteiger charge is -1.99. The van der Waals surface area contributed by atoms with E-state index in [1.165, 1.54) is 18.3 Å². The molecular weight excluding hydrogens is 454 g/mol. The highest BCUT2D eigenvalue weighted by Gasteiger charge is 2.21. The Kier molecular flexibility index (Phi) is 5.47. The first-order valence-electron chi connectivity index (χ1n) is 10.4. The molecule has 0 aliphatic rings. The fourth-order valence-electron chi connectivity index (χ4n) is 3.81. The van der Waals surface area contributed by atoms with Gasteiger partial charge >= 0.3 is 0 Å². The van der Waals surface area contributed by atoms with Crippen LogP contribution in [0, 0.1) is 13.8 Å². The van der Waals surface area contributed by atoms with E-state index in [0.717, 1.165) is 47.6 Å². The smallest absolute Gasteiger partial charge is 0.293 e. The first-order valence-corrected chi connectivity index (χ1v) is 12.1. The van der Waals surface area contributed by atoms with Crippen LogP contribution in [0.5, 0.6) is 0 Å². The minimum atomic E-state index is -0.314. The minimum Gasteiger partial charge on any atom is -0.450 e. The van der Waals surface area contributed by atoms with Crippen molar-refractivity contribution in [3.63, 3.8) is 0 Å². The molecule has 33 heavy (non-hydrogen) atoms. The second-order valence-corrected chi connectivity index (χ2v) is 10.1. The standard InChI is InChI=1S/C25H21N3O3S2/c1-13-18-10-8-16-6-4-5-7-19(16)23(18)31-22(13)24(30)28-25-27-21(14(2)32-25)20-11-9-17(33-20)12-26-15(3)29/h4-11H,12H2,1-3H3,(H,26,29)(H,27,28,30). The molecule has 2 amide bonds. The molecule has 5 rings (SSSR count). The van der Waals surface area contributed by atoms with Gasteiger partial charge in [-0.15, -0.1) is 22.7 Å². The number of thiazole rings is 1. The SMILES string of the molecule is CC(=O)NCc1ccc(-c2nc(NC(=O)c3oc4c(ccc5ccccc54)c3C)sc2C)s1. The van der Waals surface area contributed by atoms with E-state index in [-0.39, 0.29) is 11.8 Å². The number of thiophene rings is 1. The number of benzene rings is 2. The second-order valence-electron chi connectivity index (χ2n) is 7.77. The Hall–Kier alpha value is -3.49. The van der Waals surface area contributed by atoms with Gasteiger partial charge in [0.1, 0.15) is 5.58 Å². The van der Waals surface area contributed by atoms with Crippen LogP contribution in [0.25, 0.3) is 32.3 Å². The predicted molar refractivity (Wildman–Crippen MR) is 134 cm³/mol. The Morgan fingerprint density at radius 3 is 2.64 bits per heavy atom. The zero-order valence-corrected chi connectivity index (χ0v) is 19.9. The minimum absolute atomic E-state index is 0.0614. The largest absolute Gasteiger partial charge is 0.450 e. The van der Waals surface area contributed by atoms with E-state index in [4.69, 9.17) is 4.42 Å². The fraction of sp³-hybridized carbons (Fsp3) is 0.160. The van der Waals surface area contributed by atoms with Gasteiger partial charge in [-0.1, -0.05) is 36.4 Å². The molecule has 0 aliphatic carbocycles. The summed E-state index contributed by atoms with van der Waals surface area (Å²) in [4.78, 5) is 31.9. The molecule has 3 heterocycles. The monoisotopic (exact) mass is 475 g/mol. The number of nitrogens with zero attached hydrogens (tertiary/aromatic N) is 1. The van der Waals surface area contributed by atoms with Crippen LogP contribution in [0.4, 0.5) is 5.13 Å². The summed E-state index contributed by atoms with van der Waals surface area (Å²) in [5.41, 5.74) is 2.36. The van der Waals surface area contributed by atoms with Crippen molar-refractivity contribution in [3.8, 4) is 10.6 Å². The molecule has 0 aliphatic heterocycles. The van der Waals surface area contributed by atoms with E-state index < -0.39 is 0 Å². The molecule has 0 bridgehead atoms. The van der Waals surface area contributed by atoms with Gasteiger partial charge < -0.3 is 9.73 Å². The van der Waals surface area contributed by atoms with Gasteiger partial charge in [0.05, 0.1) is 17.1 Å². The van der Waals surface area contributed by atoms with Crippen molar-refractivity contribution < 1.29 is 14.0 Å². The Balaban J connectivity index is 1.41. The molecule has 6 nitrogen and oxygen atoms in total. The van der Waals surface area contributed by atoms with E-state index in [1.807, 2.05) is 62.4 Å². The number of amides is 2. The van der Waals surface area contributed by atoms with E-state index in [2.05, 4.69) is 15.6 Å². The number of aryl methyl sites for hydroxylation is 2. The van der Waals surface area contributed by atoms with E-state index in [0.29, 0.717) is 17.4 Å². The van der Waals surface area contributed by atoms with Crippen LogP contribution in [-0.2, 0) is 11.3 Å². The number of hydrogen-bond donors (Lipinski definition) is 2. The molecule has 0 radical (unpaired) electrons. The number of fused-ring (bicyclic) bond motifs is 3. The van der Waals surface area contributed by atoms with Crippen molar-refractivity contribution in [2.45, 2.75) is 27.3 Å². The lowest BCUT2D eigenvalue weighted by molar-refractivity contribution is -0.119. The third-order valence-corrected chi connectivity index (χ3v) is 7.44. The maximum absolute atomic E-state index is 13.1. The zero-order chi connectivity index (χ0) is 23.1. The average molecular weight is 476 g/mol. The number of hydrogen-bond acceptors (Lipinski definition) is 6. The summed E-state index contributed by atoms with van der Waals surface area (Å²) in [5, 5.41) is 9.22. The van der Waals surface area contributed by atoms with Gasteiger partial charge in [-0.3, -0.25) is 14.9 Å². The Morgan fingerprint density at radius 1 is 1.00 bits per heavy atom. The van der Waals surface area contributed by atoms with Crippen LogP contribution in [-0.4, -0.2) is 16.8 Å². The van der Waals surface area contributed by atoms with Crippen molar-refractivity contribution in [3.05, 3.63) is 69.6 Å². The van der Waals surface area contributed by atoms with Gasteiger partial charge in [-0.2, -0.15) is 0 Å². The molecule has 0 fully saturated rings. The topological polar surface area (TPSA) is 84.2 Å². The molecule has 2 N–H and O–H groups in total. The number of furan rings is 1. The van der Waals surface area contributed by atoms with Crippen LogP contribution in [0.3, 0.4) is 0 Å². The predicted octanol–water partition coefficient (Wildman–Crippen LogP) is 6.28. The van der Waals surface area contributed by atoms with Crippen LogP contribution >= 0.6 is 22.7 Å². The second kappa shape index (κ2) is 8.46. The van der Waals surface area contributed by atoms with E-state index in [1.54, 1.807) is 11.3 Å². The van der Waals surface area contributed by atoms with Crippen molar-refractivity contribution >= 4 is 61.4 Å². The number of anilines is 1. The Labute approximate surface area is 198 Å². The van der Waals surface area contributed by atoms with Crippen molar-refractivity contribution in [2.24, 2.45) is 0 Å². The highest BCUT2D eigenvalue weighted by molar-refractivity contribution is 7.18. The number of carbonyl (C=O) groups is 2. The molecule has 8 heteroatoms. The summed E-state index contributed by atoms with van der Waals surface area (Å²) in [5.74, 6) is -0.0799. The average Bonchev–Trinajstić information content (AvgIpc) is 3.49. The van der Waals surface area contributed by atoms with Gasteiger partial charge in [-0.25, -0.2) is 4.98 Å². The van der Waals surface area contributed by atoms with Crippen LogP contribution < -0.4 is 10.6 Å². The van der Waals surface area contributed by atoms with Gasteiger partial charge in [0.2, 0.25) is 5.91 Å². The highest BCUT2D eigenvalue weighted by atomic mass is 32.1. The molecule has 2 aromatic carbocycles. The van der Waals surface area contributed by atoms with Gasteiger partial charge in [0, 0.05) is 33.0 Å². The molecule has 0 saturated carbocycles. The molecule has 0 spiro atoms. The van der Waals surface area contributed by atoms with Crippen molar-refractivity contribution in [1.29, 1.82) is 0 Å². The van der Waals surface area contributed by atoms with Gasteiger partial charge in [-0.05, 0) is 31.4 Å². The Morgan fingerprint density at radius 2 is 1.82 bits per heavy atom. The summed E-state index contributed by atoms with van der Waals surface area (Å²) in [7, 11) is 0. The Bertz CT molecular complexity index is 1530. The van der Waals surface area contributed by atoms with Crippen LogP contribution in [0.1, 0.15) is 32.8 Å². The quantitative estimate of drug-likeness (QED) is 0.313. The number of nitrogens with one attached hydrogen (secondary N) is 2. The first-order chi connectivity index (χ1) is 15.9. The van der Waals surface area contributed by atoms with Crippen LogP contribution in [0.2, 0.25) is 0 Å². The summed E-state index contributed by atoms with van der Waals surface area (Å²) in [6.45, 7) is 5.87. The van der Waals surface area contributed by atoms with Crippen molar-refractivity contribution in [1.82, 2.24) is 10.3 Å². The van der Waals surface area contributed by atoms with Crippen LogP contribution in [0.15, 0.2) is 52.9 Å². The first kappa shape index (κ1) is 21.4. The summed E-state index contributed by atoms with van der Waals surface area (Å²) >= 11 is 3.00. The third kappa shape index (κ3) is 4.03. The fourth-order valence-corrected chi connectivity index (χ4v) is 5.69. The highest BCUT2D eigenvalue weighted by Crippen LogP contribution is 2.36. The lowest BCUT2D eigenvalue weighted by Crippen LogP contribution is -2.17.